The lowest BCUT2D eigenvalue weighted by Crippen LogP contribution is -2.22. The van der Waals surface area contributed by atoms with E-state index in [0.29, 0.717) is 6.61 Å². The molecular formula is C22H40O3. The van der Waals surface area contributed by atoms with Crippen LogP contribution in [0.2, 0.25) is 0 Å². The van der Waals surface area contributed by atoms with Crippen LogP contribution in [-0.2, 0) is 9.47 Å². The Balaban J connectivity index is 1.87. The summed E-state index contributed by atoms with van der Waals surface area (Å²) in [6.45, 7) is 6.01. The van der Waals surface area contributed by atoms with Crippen molar-refractivity contribution in [3.63, 3.8) is 0 Å². The van der Waals surface area contributed by atoms with Crippen LogP contribution in [0, 0.1) is 5.92 Å². The van der Waals surface area contributed by atoms with Crippen molar-refractivity contribution >= 4 is 0 Å². The Labute approximate surface area is 155 Å². The molecule has 1 fully saturated rings. The Morgan fingerprint density at radius 3 is 2.40 bits per heavy atom. The van der Waals surface area contributed by atoms with E-state index in [4.69, 9.17) is 9.47 Å². The summed E-state index contributed by atoms with van der Waals surface area (Å²) >= 11 is 0. The van der Waals surface area contributed by atoms with Crippen molar-refractivity contribution in [2.24, 2.45) is 5.92 Å². The molecular weight excluding hydrogens is 312 g/mol. The van der Waals surface area contributed by atoms with Crippen LogP contribution in [0.3, 0.4) is 0 Å². The van der Waals surface area contributed by atoms with Crippen LogP contribution in [0.1, 0.15) is 84.5 Å². The summed E-state index contributed by atoms with van der Waals surface area (Å²) in [5.74, 6) is 0.779. The molecule has 0 aromatic carbocycles. The van der Waals surface area contributed by atoms with Crippen LogP contribution in [0.5, 0.6) is 0 Å². The zero-order valence-corrected chi connectivity index (χ0v) is 16.5. The summed E-state index contributed by atoms with van der Waals surface area (Å²) in [6, 6.07) is 0. The molecule has 0 aromatic heterocycles. The molecule has 0 aliphatic carbocycles. The van der Waals surface area contributed by atoms with Gasteiger partial charge in [0.05, 0.1) is 12.7 Å². The van der Waals surface area contributed by atoms with Gasteiger partial charge in [0, 0.05) is 6.61 Å². The summed E-state index contributed by atoms with van der Waals surface area (Å²) in [7, 11) is 0. The van der Waals surface area contributed by atoms with Crippen LogP contribution in [0.4, 0.5) is 0 Å². The van der Waals surface area contributed by atoms with Crippen molar-refractivity contribution < 1.29 is 14.6 Å². The van der Waals surface area contributed by atoms with E-state index in [1.165, 1.54) is 19.3 Å². The van der Waals surface area contributed by atoms with Crippen molar-refractivity contribution in [3.8, 4) is 0 Å². The first-order chi connectivity index (χ1) is 12.2. The van der Waals surface area contributed by atoms with Gasteiger partial charge in [-0.1, -0.05) is 57.4 Å². The first-order valence-corrected chi connectivity index (χ1v) is 10.4. The van der Waals surface area contributed by atoms with Crippen LogP contribution < -0.4 is 0 Å². The van der Waals surface area contributed by atoms with E-state index in [2.05, 4.69) is 38.2 Å². The zero-order valence-electron chi connectivity index (χ0n) is 16.5. The second-order valence-corrected chi connectivity index (χ2v) is 7.56. The maximum Gasteiger partial charge on any atom is 0.157 e. The molecule has 1 rings (SSSR count). The predicted molar refractivity (Wildman–Crippen MR) is 106 cm³/mol. The lowest BCUT2D eigenvalue weighted by molar-refractivity contribution is -0.155. The van der Waals surface area contributed by atoms with Gasteiger partial charge in [-0.2, -0.15) is 0 Å². The molecule has 25 heavy (non-hydrogen) atoms. The van der Waals surface area contributed by atoms with Crippen LogP contribution >= 0.6 is 0 Å². The summed E-state index contributed by atoms with van der Waals surface area (Å²) in [5, 5.41) is 9.95. The maximum absolute atomic E-state index is 9.95. The first-order valence-electron chi connectivity index (χ1n) is 10.4. The molecule has 1 N–H and O–H groups in total. The third kappa shape index (κ3) is 14.2. The fraction of sp³-hybridized carbons (Fsp3) is 0.818. The fourth-order valence-corrected chi connectivity index (χ4v) is 2.99. The van der Waals surface area contributed by atoms with E-state index in [1.54, 1.807) is 0 Å². The summed E-state index contributed by atoms with van der Waals surface area (Å²) in [5.41, 5.74) is 0. The third-order valence-electron chi connectivity index (χ3n) is 4.58. The Hall–Kier alpha value is -0.640. The lowest BCUT2D eigenvalue weighted by atomic mass is 10.0. The van der Waals surface area contributed by atoms with Crippen molar-refractivity contribution in [2.75, 3.05) is 13.2 Å². The Bertz CT molecular complexity index is 343. The standard InChI is InChI=1S/C22H40O3/c1-20(2)14-9-10-16-21(23)15-8-6-4-3-5-7-12-18-24-22-17-11-13-19-25-22/h4,6-7,12,20-23H,3,5,8-11,13-19H2,1-2H3. The number of hydrogen-bond donors (Lipinski definition) is 1. The Kier molecular flexibility index (Phi) is 14.0. The van der Waals surface area contributed by atoms with Crippen molar-refractivity contribution in [1.29, 1.82) is 0 Å². The SMILES string of the molecule is CC(C)CCCCC(O)CCC=CCCC=CCOC1CCCCO1. The van der Waals surface area contributed by atoms with Gasteiger partial charge in [0.15, 0.2) is 6.29 Å². The molecule has 0 radical (unpaired) electrons. The van der Waals surface area contributed by atoms with Crippen molar-refractivity contribution in [1.82, 2.24) is 0 Å². The van der Waals surface area contributed by atoms with Gasteiger partial charge < -0.3 is 14.6 Å². The minimum absolute atomic E-state index is 0.00935. The second kappa shape index (κ2) is 15.6. The zero-order chi connectivity index (χ0) is 18.2. The summed E-state index contributed by atoms with van der Waals surface area (Å²) in [4.78, 5) is 0. The first kappa shape index (κ1) is 22.4. The molecule has 2 unspecified atom stereocenters. The van der Waals surface area contributed by atoms with Crippen LogP contribution in [0.15, 0.2) is 24.3 Å². The third-order valence-corrected chi connectivity index (χ3v) is 4.58. The normalized spacial score (nSPS) is 20.1. The molecule has 0 saturated carbocycles. The predicted octanol–water partition coefficient (Wildman–Crippen LogP) is 5.78. The van der Waals surface area contributed by atoms with Crippen LogP contribution in [0.25, 0.3) is 0 Å². The summed E-state index contributed by atoms with van der Waals surface area (Å²) < 4.78 is 11.2. The smallest absolute Gasteiger partial charge is 0.157 e. The molecule has 0 bridgehead atoms. The molecule has 1 heterocycles. The Morgan fingerprint density at radius 1 is 0.960 bits per heavy atom. The van der Waals surface area contributed by atoms with E-state index in [1.807, 2.05) is 0 Å². The molecule has 0 aromatic rings. The van der Waals surface area contributed by atoms with Gasteiger partial charge in [-0.25, -0.2) is 0 Å². The number of ether oxygens (including phenoxy) is 2. The van der Waals surface area contributed by atoms with Gasteiger partial charge in [0.25, 0.3) is 0 Å². The average Bonchev–Trinajstić information content (AvgIpc) is 2.61. The van der Waals surface area contributed by atoms with Crippen molar-refractivity contribution in [2.45, 2.75) is 96.9 Å². The van der Waals surface area contributed by atoms with Gasteiger partial charge in [0.1, 0.15) is 0 Å². The molecule has 2 atom stereocenters. The highest BCUT2D eigenvalue weighted by molar-refractivity contribution is 4.88. The molecule has 146 valence electrons. The molecule has 1 aliphatic rings. The maximum atomic E-state index is 9.95. The minimum Gasteiger partial charge on any atom is -0.393 e. The minimum atomic E-state index is -0.129. The molecule has 1 saturated heterocycles. The molecule has 3 heteroatoms. The van der Waals surface area contributed by atoms with Crippen LogP contribution in [-0.4, -0.2) is 30.7 Å². The molecule has 1 aliphatic heterocycles. The van der Waals surface area contributed by atoms with Gasteiger partial charge in [-0.3, -0.25) is 0 Å². The summed E-state index contributed by atoms with van der Waals surface area (Å²) in [6.07, 6.45) is 20.6. The largest absolute Gasteiger partial charge is 0.393 e. The second-order valence-electron chi connectivity index (χ2n) is 7.56. The molecule has 3 nitrogen and oxygen atoms in total. The number of unbranched alkanes of at least 4 members (excludes halogenated alkanes) is 2. The average molecular weight is 353 g/mol. The lowest BCUT2D eigenvalue weighted by Gasteiger charge is -2.21. The molecule has 0 spiro atoms. The highest BCUT2D eigenvalue weighted by atomic mass is 16.7. The fourth-order valence-electron chi connectivity index (χ4n) is 2.99. The van der Waals surface area contributed by atoms with E-state index in [-0.39, 0.29) is 12.4 Å². The topological polar surface area (TPSA) is 38.7 Å². The van der Waals surface area contributed by atoms with Gasteiger partial charge in [-0.15, -0.1) is 0 Å². The number of aliphatic hydroxyl groups is 1. The van der Waals surface area contributed by atoms with Crippen molar-refractivity contribution in [3.05, 3.63) is 24.3 Å². The Morgan fingerprint density at radius 2 is 1.68 bits per heavy atom. The highest BCUT2D eigenvalue weighted by Crippen LogP contribution is 2.14. The van der Waals surface area contributed by atoms with Gasteiger partial charge in [0.2, 0.25) is 0 Å². The van der Waals surface area contributed by atoms with E-state index in [9.17, 15) is 5.11 Å². The van der Waals surface area contributed by atoms with E-state index < -0.39 is 0 Å². The monoisotopic (exact) mass is 352 g/mol. The number of hydrogen-bond acceptors (Lipinski definition) is 3. The van der Waals surface area contributed by atoms with E-state index in [0.717, 1.165) is 63.9 Å². The number of aliphatic hydroxyl groups excluding tert-OH is 1. The quantitative estimate of drug-likeness (QED) is 0.318. The van der Waals surface area contributed by atoms with Gasteiger partial charge >= 0.3 is 0 Å². The molecule has 0 amide bonds. The number of rotatable bonds is 14. The number of allylic oxidation sites excluding steroid dienone is 3. The van der Waals surface area contributed by atoms with Gasteiger partial charge in [-0.05, 0) is 57.3 Å². The highest BCUT2D eigenvalue weighted by Gasteiger charge is 2.12. The van der Waals surface area contributed by atoms with E-state index >= 15 is 0 Å².